The monoisotopic (exact) mass is 495 g/mol. The van der Waals surface area contributed by atoms with E-state index in [0.717, 1.165) is 66.2 Å². The van der Waals surface area contributed by atoms with Crippen molar-refractivity contribution in [2.45, 2.75) is 43.3 Å². The van der Waals surface area contributed by atoms with Crippen LogP contribution in [0.3, 0.4) is 0 Å². The zero-order valence-electron chi connectivity index (χ0n) is 20.4. The Morgan fingerprint density at radius 3 is 2.54 bits per heavy atom. The molecule has 1 aromatic heterocycles. The number of halogens is 1. The maximum absolute atomic E-state index is 14.1. The Bertz CT molecular complexity index is 1110. The van der Waals surface area contributed by atoms with E-state index < -0.39 is 0 Å². The Morgan fingerprint density at radius 1 is 0.971 bits per heavy atom. The molecule has 2 fully saturated rings. The number of piperidine rings is 1. The number of rotatable bonds is 9. The maximum Gasteiger partial charge on any atom is 0.195 e. The molecule has 0 bridgehead atoms. The van der Waals surface area contributed by atoms with Gasteiger partial charge < -0.3 is 9.64 Å². The molecule has 0 atom stereocenters. The molecule has 0 radical (unpaired) electrons. The zero-order valence-corrected chi connectivity index (χ0v) is 21.2. The second-order valence-electron chi connectivity index (χ2n) is 9.42. The van der Waals surface area contributed by atoms with Crippen LogP contribution >= 0.6 is 11.8 Å². The molecule has 0 unspecified atom stereocenters. The van der Waals surface area contributed by atoms with Crippen molar-refractivity contribution in [3.8, 4) is 11.4 Å². The van der Waals surface area contributed by atoms with Gasteiger partial charge in [0.05, 0.1) is 12.8 Å². The quantitative estimate of drug-likeness (QED) is 0.390. The van der Waals surface area contributed by atoms with E-state index in [-0.39, 0.29) is 5.82 Å². The molecule has 2 aliphatic heterocycles. The van der Waals surface area contributed by atoms with Gasteiger partial charge in [-0.15, -0.1) is 10.2 Å². The molecule has 2 aliphatic rings. The summed E-state index contributed by atoms with van der Waals surface area (Å²) in [7, 11) is 1.70. The molecule has 0 amide bonds. The first-order chi connectivity index (χ1) is 17.2. The molecule has 3 aromatic rings. The summed E-state index contributed by atoms with van der Waals surface area (Å²) in [6, 6.07) is 15.2. The van der Waals surface area contributed by atoms with Crippen molar-refractivity contribution in [2.24, 2.45) is 0 Å². The van der Waals surface area contributed by atoms with Gasteiger partial charge in [-0.1, -0.05) is 36.0 Å². The molecule has 35 heavy (non-hydrogen) atoms. The molecule has 2 aromatic carbocycles. The van der Waals surface area contributed by atoms with E-state index in [1.54, 1.807) is 31.0 Å². The third-order valence-corrected chi connectivity index (χ3v) is 8.02. The lowest BCUT2D eigenvalue weighted by Gasteiger charge is -2.31. The van der Waals surface area contributed by atoms with Crippen molar-refractivity contribution in [1.82, 2.24) is 24.6 Å². The summed E-state index contributed by atoms with van der Waals surface area (Å²) < 4.78 is 21.9. The first-order valence-electron chi connectivity index (χ1n) is 12.6. The van der Waals surface area contributed by atoms with Gasteiger partial charge in [0.25, 0.3) is 0 Å². The predicted molar refractivity (Wildman–Crippen MR) is 138 cm³/mol. The summed E-state index contributed by atoms with van der Waals surface area (Å²) in [5.41, 5.74) is 1.81. The molecule has 6 nitrogen and oxygen atoms in total. The minimum atomic E-state index is -0.122. The molecule has 0 saturated carbocycles. The topological polar surface area (TPSA) is 46.4 Å². The van der Waals surface area contributed by atoms with Crippen LogP contribution in [0.25, 0.3) is 5.69 Å². The second kappa shape index (κ2) is 11.5. The third-order valence-electron chi connectivity index (χ3n) is 7.11. The van der Waals surface area contributed by atoms with Crippen LogP contribution in [0.5, 0.6) is 5.75 Å². The molecular weight excluding hydrogens is 461 g/mol. The van der Waals surface area contributed by atoms with E-state index in [9.17, 15) is 4.39 Å². The minimum absolute atomic E-state index is 0.122. The average molecular weight is 496 g/mol. The smallest absolute Gasteiger partial charge is 0.195 e. The number of benzene rings is 2. The Balaban J connectivity index is 1.31. The van der Waals surface area contributed by atoms with E-state index in [1.165, 1.54) is 25.9 Å². The standard InChI is InChI=1S/C27H34FN5OS/c1-34-24-9-6-8-23(19-24)33-26(29-30-27(33)35-18-17-31-13-4-5-14-31)21-11-15-32(16-12-21)20-22-7-2-3-10-25(22)28/h2-3,6-10,19,21H,4-5,11-18,20H2,1H3. The van der Waals surface area contributed by atoms with Crippen molar-refractivity contribution in [3.05, 3.63) is 65.7 Å². The Morgan fingerprint density at radius 2 is 1.77 bits per heavy atom. The highest BCUT2D eigenvalue weighted by molar-refractivity contribution is 7.99. The molecule has 2 saturated heterocycles. The number of likely N-dealkylation sites (tertiary alicyclic amines) is 2. The van der Waals surface area contributed by atoms with Crippen LogP contribution in [-0.4, -0.2) is 70.2 Å². The molecule has 186 valence electrons. The van der Waals surface area contributed by atoms with E-state index in [1.807, 2.05) is 24.3 Å². The van der Waals surface area contributed by atoms with Crippen molar-refractivity contribution in [1.29, 1.82) is 0 Å². The Kier molecular flexibility index (Phi) is 8.01. The molecule has 0 aliphatic carbocycles. The fraction of sp³-hybridized carbons (Fsp3) is 0.481. The highest BCUT2D eigenvalue weighted by atomic mass is 32.2. The van der Waals surface area contributed by atoms with E-state index in [2.05, 4.69) is 31.6 Å². The summed E-state index contributed by atoms with van der Waals surface area (Å²) in [4.78, 5) is 4.87. The van der Waals surface area contributed by atoms with Gasteiger partial charge in [-0.05, 0) is 70.1 Å². The summed E-state index contributed by atoms with van der Waals surface area (Å²) in [6.07, 6.45) is 4.58. The van der Waals surface area contributed by atoms with Crippen LogP contribution in [0.15, 0.2) is 53.7 Å². The Hall–Kier alpha value is -2.42. The molecule has 0 N–H and O–H groups in total. The van der Waals surface area contributed by atoms with Gasteiger partial charge in [-0.3, -0.25) is 9.47 Å². The van der Waals surface area contributed by atoms with Crippen LogP contribution in [0.1, 0.15) is 43.0 Å². The molecule has 8 heteroatoms. The van der Waals surface area contributed by atoms with Gasteiger partial charge in [-0.2, -0.15) is 0 Å². The normalized spacial score (nSPS) is 17.8. The summed E-state index contributed by atoms with van der Waals surface area (Å²) in [5, 5.41) is 10.3. The van der Waals surface area contributed by atoms with Crippen molar-refractivity contribution in [3.63, 3.8) is 0 Å². The number of hydrogen-bond acceptors (Lipinski definition) is 6. The minimum Gasteiger partial charge on any atom is -0.497 e. The first kappa shape index (κ1) is 24.3. The summed E-state index contributed by atoms with van der Waals surface area (Å²) in [6.45, 7) is 5.99. The number of hydrogen-bond donors (Lipinski definition) is 0. The number of methoxy groups -OCH3 is 1. The van der Waals surface area contributed by atoms with Crippen LogP contribution in [0.4, 0.5) is 4.39 Å². The molecule has 3 heterocycles. The number of thioether (sulfide) groups is 1. The van der Waals surface area contributed by atoms with Gasteiger partial charge in [0.1, 0.15) is 17.4 Å². The van der Waals surface area contributed by atoms with Crippen LogP contribution < -0.4 is 4.74 Å². The third kappa shape index (κ3) is 5.88. The average Bonchev–Trinajstić information content (AvgIpc) is 3.56. The van der Waals surface area contributed by atoms with Gasteiger partial charge in [-0.25, -0.2) is 4.39 Å². The van der Waals surface area contributed by atoms with Gasteiger partial charge in [0.2, 0.25) is 0 Å². The molecule has 5 rings (SSSR count). The second-order valence-corrected chi connectivity index (χ2v) is 10.5. The maximum atomic E-state index is 14.1. The van der Waals surface area contributed by atoms with Crippen LogP contribution in [0.2, 0.25) is 0 Å². The van der Waals surface area contributed by atoms with E-state index >= 15 is 0 Å². The summed E-state index contributed by atoms with van der Waals surface area (Å²) >= 11 is 1.79. The van der Waals surface area contributed by atoms with Crippen LogP contribution in [-0.2, 0) is 6.54 Å². The Labute approximate surface area is 211 Å². The molecular formula is C27H34FN5OS. The zero-order chi connectivity index (χ0) is 24.0. The van der Waals surface area contributed by atoms with Gasteiger partial charge in [0.15, 0.2) is 5.16 Å². The predicted octanol–water partition coefficient (Wildman–Crippen LogP) is 4.98. The van der Waals surface area contributed by atoms with Crippen molar-refractivity contribution in [2.75, 3.05) is 45.6 Å². The van der Waals surface area contributed by atoms with Gasteiger partial charge in [0, 0.05) is 36.4 Å². The lowest BCUT2D eigenvalue weighted by Crippen LogP contribution is -2.33. The van der Waals surface area contributed by atoms with Crippen molar-refractivity contribution < 1.29 is 9.13 Å². The number of aromatic nitrogens is 3. The lowest BCUT2D eigenvalue weighted by atomic mass is 9.95. The van der Waals surface area contributed by atoms with E-state index in [0.29, 0.717) is 12.5 Å². The highest BCUT2D eigenvalue weighted by Crippen LogP contribution is 2.33. The SMILES string of the molecule is COc1cccc(-n2c(SCCN3CCCC3)nnc2C2CCN(Cc3ccccc3F)CC2)c1. The number of nitrogens with zero attached hydrogens (tertiary/aromatic N) is 5. The largest absolute Gasteiger partial charge is 0.497 e. The molecule has 0 spiro atoms. The highest BCUT2D eigenvalue weighted by Gasteiger charge is 2.27. The summed E-state index contributed by atoms with van der Waals surface area (Å²) in [5.74, 6) is 3.05. The van der Waals surface area contributed by atoms with Crippen molar-refractivity contribution >= 4 is 11.8 Å². The fourth-order valence-electron chi connectivity index (χ4n) is 5.12. The fourth-order valence-corrected chi connectivity index (χ4v) is 6.08. The first-order valence-corrected chi connectivity index (χ1v) is 13.6. The van der Waals surface area contributed by atoms with Gasteiger partial charge >= 0.3 is 0 Å². The number of ether oxygens (including phenoxy) is 1. The van der Waals surface area contributed by atoms with Crippen LogP contribution in [0, 0.1) is 5.82 Å². The van der Waals surface area contributed by atoms with E-state index in [4.69, 9.17) is 9.84 Å². The lowest BCUT2D eigenvalue weighted by molar-refractivity contribution is 0.198.